The molecule has 2 N–H and O–H groups in total. The van der Waals surface area contributed by atoms with Gasteiger partial charge in [0.05, 0.1) is 11.8 Å². The van der Waals surface area contributed by atoms with Crippen LogP contribution >= 0.6 is 11.3 Å². The molecule has 1 aromatic carbocycles. The van der Waals surface area contributed by atoms with Gasteiger partial charge in [0.15, 0.2) is 5.13 Å². The summed E-state index contributed by atoms with van der Waals surface area (Å²) in [5.74, 6) is -0.592. The summed E-state index contributed by atoms with van der Waals surface area (Å²) in [6.07, 6.45) is -8.25. The highest BCUT2D eigenvalue weighted by Crippen LogP contribution is 2.34. The highest BCUT2D eigenvalue weighted by Gasteiger charge is 2.33. The average Bonchev–Trinajstić information content (AvgIpc) is 3.00. The monoisotopic (exact) mass is 383 g/mol. The number of hydrogen-bond acceptors (Lipinski definition) is 4. The molecule has 2 aromatic rings. The molecule has 0 unspecified atom stereocenters. The number of thiazole rings is 1. The Balaban J connectivity index is 1.80. The summed E-state index contributed by atoms with van der Waals surface area (Å²) in [7, 11) is 0. The number of carbonyl (C=O) groups excluding carboxylic acids is 1. The lowest BCUT2D eigenvalue weighted by Crippen LogP contribution is -2.28. The van der Waals surface area contributed by atoms with Crippen molar-refractivity contribution in [1.82, 2.24) is 10.3 Å². The van der Waals surface area contributed by atoms with E-state index < -0.39 is 28.7 Å². The molecular weight excluding hydrogens is 372 g/mol. The normalized spacial score (nSPS) is 12.1. The van der Waals surface area contributed by atoms with E-state index in [0.717, 1.165) is 24.3 Å². The van der Waals surface area contributed by atoms with Crippen molar-refractivity contribution in [2.45, 2.75) is 12.4 Å². The van der Waals surface area contributed by atoms with Gasteiger partial charge in [-0.3, -0.25) is 4.79 Å². The summed E-state index contributed by atoms with van der Waals surface area (Å²) in [5.41, 5.74) is -0.823. The molecule has 4 nitrogen and oxygen atoms in total. The van der Waals surface area contributed by atoms with Crippen LogP contribution in [0.3, 0.4) is 0 Å². The van der Waals surface area contributed by atoms with Gasteiger partial charge >= 0.3 is 12.4 Å². The number of hydrogen-bond donors (Lipinski definition) is 2. The van der Waals surface area contributed by atoms with Gasteiger partial charge in [-0.15, -0.1) is 0 Å². The first-order valence-corrected chi connectivity index (χ1v) is 7.61. The maximum atomic E-state index is 12.4. The number of nitrogens with zero attached hydrogens (tertiary/aromatic N) is 1. The number of carbonyl (C=O) groups is 1. The molecule has 1 heterocycles. The molecule has 1 amide bonds. The first-order valence-electron chi connectivity index (χ1n) is 6.80. The van der Waals surface area contributed by atoms with Crippen molar-refractivity contribution in [2.24, 2.45) is 0 Å². The zero-order valence-electron chi connectivity index (χ0n) is 12.3. The molecule has 25 heavy (non-hydrogen) atoms. The van der Waals surface area contributed by atoms with Crippen molar-refractivity contribution in [1.29, 1.82) is 0 Å². The SMILES string of the molecule is O=C(NCCNc1ncc(C(F)(F)F)s1)c1ccc(C(F)(F)F)cc1. The largest absolute Gasteiger partial charge is 0.427 e. The zero-order chi connectivity index (χ0) is 18.7. The van der Waals surface area contributed by atoms with Gasteiger partial charge in [-0.25, -0.2) is 4.98 Å². The third kappa shape index (κ3) is 5.34. The van der Waals surface area contributed by atoms with Crippen LogP contribution in [0, 0.1) is 0 Å². The third-order valence-corrected chi connectivity index (χ3v) is 3.95. The topological polar surface area (TPSA) is 54.0 Å². The fourth-order valence-corrected chi connectivity index (χ4v) is 2.45. The first-order chi connectivity index (χ1) is 11.6. The molecule has 0 bridgehead atoms. The van der Waals surface area contributed by atoms with E-state index in [9.17, 15) is 31.1 Å². The summed E-state index contributed by atoms with van der Waals surface area (Å²) < 4.78 is 74.5. The van der Waals surface area contributed by atoms with Crippen LogP contribution in [0.25, 0.3) is 0 Å². The Labute approximate surface area is 141 Å². The molecule has 0 spiro atoms. The fourth-order valence-electron chi connectivity index (χ4n) is 1.75. The van der Waals surface area contributed by atoms with Crippen molar-refractivity contribution in [3.63, 3.8) is 0 Å². The van der Waals surface area contributed by atoms with Crippen molar-refractivity contribution < 1.29 is 31.1 Å². The lowest BCUT2D eigenvalue weighted by atomic mass is 10.1. The number of amides is 1. The van der Waals surface area contributed by atoms with Gasteiger partial charge in [-0.1, -0.05) is 11.3 Å². The molecular formula is C14H11F6N3OS. The summed E-state index contributed by atoms with van der Waals surface area (Å²) >= 11 is 0.432. The molecule has 0 atom stereocenters. The van der Waals surface area contributed by atoms with Crippen molar-refractivity contribution in [3.8, 4) is 0 Å². The Morgan fingerprint density at radius 2 is 1.64 bits per heavy atom. The number of aromatic nitrogens is 1. The molecule has 0 radical (unpaired) electrons. The predicted octanol–water partition coefficient (Wildman–Crippen LogP) is 4.02. The molecule has 0 aliphatic rings. The van der Waals surface area contributed by atoms with Crippen LogP contribution in [0.5, 0.6) is 0 Å². The van der Waals surface area contributed by atoms with Gasteiger partial charge in [0.1, 0.15) is 4.88 Å². The van der Waals surface area contributed by atoms with E-state index in [1.54, 1.807) is 0 Å². The zero-order valence-corrected chi connectivity index (χ0v) is 13.1. The Morgan fingerprint density at radius 1 is 1.00 bits per heavy atom. The second-order valence-electron chi connectivity index (χ2n) is 4.79. The van der Waals surface area contributed by atoms with E-state index in [1.807, 2.05) is 0 Å². The van der Waals surface area contributed by atoms with Crippen LogP contribution in [0.15, 0.2) is 30.5 Å². The van der Waals surface area contributed by atoms with Crippen molar-refractivity contribution in [2.75, 3.05) is 18.4 Å². The Kier molecular flexibility index (Phi) is 5.55. The van der Waals surface area contributed by atoms with Crippen LogP contribution in [-0.2, 0) is 12.4 Å². The van der Waals surface area contributed by atoms with E-state index >= 15 is 0 Å². The summed E-state index contributed by atoms with van der Waals surface area (Å²) in [6, 6.07) is 3.67. The van der Waals surface area contributed by atoms with Crippen LogP contribution < -0.4 is 10.6 Å². The number of rotatable bonds is 5. The van der Waals surface area contributed by atoms with E-state index in [4.69, 9.17) is 0 Å². The highest BCUT2D eigenvalue weighted by atomic mass is 32.1. The number of anilines is 1. The quantitative estimate of drug-likeness (QED) is 0.606. The first kappa shape index (κ1) is 19.0. The number of alkyl halides is 6. The summed E-state index contributed by atoms with van der Waals surface area (Å²) in [6.45, 7) is 0.165. The van der Waals surface area contributed by atoms with Crippen LogP contribution in [0.1, 0.15) is 20.8 Å². The number of nitrogens with one attached hydrogen (secondary N) is 2. The Bertz CT molecular complexity index is 723. The van der Waals surface area contributed by atoms with Gasteiger partial charge in [-0.05, 0) is 24.3 Å². The molecule has 0 saturated heterocycles. The number of halogens is 6. The predicted molar refractivity (Wildman–Crippen MR) is 79.4 cm³/mol. The fraction of sp³-hybridized carbons (Fsp3) is 0.286. The van der Waals surface area contributed by atoms with E-state index in [2.05, 4.69) is 15.6 Å². The highest BCUT2D eigenvalue weighted by molar-refractivity contribution is 7.15. The van der Waals surface area contributed by atoms with Gasteiger partial charge in [-0.2, -0.15) is 26.3 Å². The second-order valence-corrected chi connectivity index (χ2v) is 5.82. The Morgan fingerprint density at radius 3 is 2.16 bits per heavy atom. The summed E-state index contributed by atoms with van der Waals surface area (Å²) in [5, 5.41) is 5.11. The minimum atomic E-state index is -4.48. The van der Waals surface area contributed by atoms with Crippen LogP contribution in [-0.4, -0.2) is 24.0 Å². The minimum Gasteiger partial charge on any atom is -0.360 e. The van der Waals surface area contributed by atoms with Gasteiger partial charge in [0.25, 0.3) is 5.91 Å². The van der Waals surface area contributed by atoms with E-state index in [0.29, 0.717) is 17.5 Å². The maximum absolute atomic E-state index is 12.4. The van der Waals surface area contributed by atoms with Crippen molar-refractivity contribution >= 4 is 22.4 Å². The minimum absolute atomic E-state index is 0.0432. The molecule has 0 saturated carbocycles. The standard InChI is InChI=1S/C14H11F6N3OS/c15-13(16,17)9-3-1-8(2-4-9)11(24)21-5-6-22-12-23-7-10(25-12)14(18,19)20/h1-4,7H,5-6H2,(H,21,24)(H,22,23). The van der Waals surface area contributed by atoms with Crippen LogP contribution in [0.2, 0.25) is 0 Å². The summed E-state index contributed by atoms with van der Waals surface area (Å²) in [4.78, 5) is 14.5. The molecule has 1 aromatic heterocycles. The lowest BCUT2D eigenvalue weighted by molar-refractivity contribution is -0.137. The van der Waals surface area contributed by atoms with Gasteiger partial charge in [0.2, 0.25) is 0 Å². The smallest absolute Gasteiger partial charge is 0.360 e. The van der Waals surface area contributed by atoms with Gasteiger partial charge < -0.3 is 10.6 Å². The Hall–Kier alpha value is -2.30. The molecule has 0 aliphatic heterocycles. The third-order valence-electron chi connectivity index (χ3n) is 2.95. The second kappa shape index (κ2) is 7.30. The van der Waals surface area contributed by atoms with Gasteiger partial charge in [0, 0.05) is 18.7 Å². The molecule has 2 rings (SSSR count). The lowest BCUT2D eigenvalue weighted by Gasteiger charge is -2.08. The molecule has 11 heteroatoms. The van der Waals surface area contributed by atoms with Crippen LogP contribution in [0.4, 0.5) is 31.5 Å². The molecule has 136 valence electrons. The average molecular weight is 383 g/mol. The van der Waals surface area contributed by atoms with E-state index in [-0.39, 0.29) is 23.8 Å². The van der Waals surface area contributed by atoms with Crippen molar-refractivity contribution in [3.05, 3.63) is 46.5 Å². The maximum Gasteiger partial charge on any atom is 0.427 e. The molecule has 0 aliphatic carbocycles. The number of benzene rings is 1. The molecule has 0 fully saturated rings. The van der Waals surface area contributed by atoms with E-state index in [1.165, 1.54) is 0 Å².